The topological polar surface area (TPSA) is 40.5 Å². The quantitative estimate of drug-likeness (QED) is 0.806. The van der Waals surface area contributed by atoms with E-state index >= 15 is 0 Å². The molecule has 2 aromatic carbocycles. The van der Waals surface area contributed by atoms with Gasteiger partial charge >= 0.3 is 0 Å². The second kappa shape index (κ2) is 6.00. The summed E-state index contributed by atoms with van der Waals surface area (Å²) in [6, 6.07) is 10.2. The smallest absolute Gasteiger partial charge is 0.165 e. The molecule has 2 heteroatoms. The van der Waals surface area contributed by atoms with Crippen molar-refractivity contribution in [2.45, 2.75) is 40.0 Å². The third kappa shape index (κ3) is 2.51. The lowest BCUT2D eigenvalue weighted by Crippen LogP contribution is -1.94. The molecule has 0 aliphatic heterocycles. The van der Waals surface area contributed by atoms with Crippen LogP contribution >= 0.6 is 0 Å². The first kappa shape index (κ1) is 14.4. The summed E-state index contributed by atoms with van der Waals surface area (Å²) < 4.78 is 0. The molecule has 0 atom stereocenters. The average molecular weight is 270 g/mol. The van der Waals surface area contributed by atoms with Crippen LogP contribution in [0.3, 0.4) is 0 Å². The molecule has 0 bridgehead atoms. The number of aryl methyl sites for hydroxylation is 3. The van der Waals surface area contributed by atoms with E-state index in [0.29, 0.717) is 6.42 Å². The van der Waals surface area contributed by atoms with E-state index in [1.165, 1.54) is 5.56 Å². The van der Waals surface area contributed by atoms with E-state index in [-0.39, 0.29) is 11.5 Å². The zero-order chi connectivity index (χ0) is 14.7. The number of phenols is 2. The fourth-order valence-corrected chi connectivity index (χ4v) is 2.55. The molecule has 0 aliphatic rings. The van der Waals surface area contributed by atoms with E-state index in [2.05, 4.69) is 26.0 Å². The highest BCUT2D eigenvalue weighted by Gasteiger charge is 2.16. The van der Waals surface area contributed by atoms with Crippen LogP contribution in [0.4, 0.5) is 0 Å². The molecule has 0 fully saturated rings. The summed E-state index contributed by atoms with van der Waals surface area (Å²) in [5.41, 5.74) is 4.84. The van der Waals surface area contributed by atoms with Gasteiger partial charge in [0.05, 0.1) is 0 Å². The van der Waals surface area contributed by atoms with Crippen molar-refractivity contribution in [1.82, 2.24) is 0 Å². The maximum absolute atomic E-state index is 10.4. The second-order valence-electron chi connectivity index (χ2n) is 5.02. The molecule has 0 saturated carbocycles. The molecule has 0 radical (unpaired) electrons. The molecule has 0 aliphatic carbocycles. The Hall–Kier alpha value is -1.96. The van der Waals surface area contributed by atoms with E-state index in [0.717, 1.165) is 35.1 Å². The van der Waals surface area contributed by atoms with Crippen LogP contribution in [-0.4, -0.2) is 10.2 Å². The van der Waals surface area contributed by atoms with Gasteiger partial charge in [0.15, 0.2) is 11.5 Å². The minimum Gasteiger partial charge on any atom is -0.504 e. The monoisotopic (exact) mass is 270 g/mol. The molecule has 2 nitrogen and oxygen atoms in total. The summed E-state index contributed by atoms with van der Waals surface area (Å²) in [4.78, 5) is 0. The van der Waals surface area contributed by atoms with Gasteiger partial charge in [-0.25, -0.2) is 0 Å². The number of hydrogen-bond acceptors (Lipinski definition) is 2. The van der Waals surface area contributed by atoms with Crippen molar-refractivity contribution in [3.05, 3.63) is 47.0 Å². The van der Waals surface area contributed by atoms with Gasteiger partial charge in [-0.3, -0.25) is 0 Å². The highest BCUT2D eigenvalue weighted by atomic mass is 16.3. The summed E-state index contributed by atoms with van der Waals surface area (Å²) in [7, 11) is 0. The molecule has 2 N–H and O–H groups in total. The van der Waals surface area contributed by atoms with Gasteiger partial charge in [-0.05, 0) is 41.5 Å². The summed E-state index contributed by atoms with van der Waals surface area (Å²) in [6.45, 7) is 6.16. The Morgan fingerprint density at radius 1 is 0.750 bits per heavy atom. The van der Waals surface area contributed by atoms with Crippen molar-refractivity contribution in [2.24, 2.45) is 0 Å². The van der Waals surface area contributed by atoms with Crippen LogP contribution in [0.2, 0.25) is 0 Å². The number of hydrogen-bond donors (Lipinski definition) is 2. The predicted octanol–water partition coefficient (Wildman–Crippen LogP) is 4.45. The predicted molar refractivity (Wildman–Crippen MR) is 83.3 cm³/mol. The van der Waals surface area contributed by atoms with E-state index in [9.17, 15) is 10.2 Å². The van der Waals surface area contributed by atoms with E-state index < -0.39 is 0 Å². The first-order valence-corrected chi connectivity index (χ1v) is 7.28. The van der Waals surface area contributed by atoms with Crippen molar-refractivity contribution in [3.8, 4) is 22.6 Å². The molecule has 106 valence electrons. The summed E-state index contributed by atoms with van der Waals surface area (Å²) in [6.07, 6.45) is 2.53. The Kier molecular flexibility index (Phi) is 4.33. The third-order valence-corrected chi connectivity index (χ3v) is 3.85. The summed E-state index contributed by atoms with van der Waals surface area (Å²) in [5.74, 6) is 0.0183. The van der Waals surface area contributed by atoms with Gasteiger partial charge in [-0.1, -0.05) is 51.1 Å². The molecule has 2 rings (SSSR count). The maximum Gasteiger partial charge on any atom is 0.165 e. The number of phenolic OH excluding ortho intramolecular Hbond substituents is 2. The zero-order valence-corrected chi connectivity index (χ0v) is 12.4. The third-order valence-electron chi connectivity index (χ3n) is 3.85. The molecule has 0 saturated heterocycles. The standard InChI is InChI=1S/C18H22O2/c1-4-12-7-9-15(10-8-12)16-13(5-2)11-14(6-3)17(19)18(16)20/h7-11,19-20H,4-6H2,1-3H3. The Labute approximate surface area is 120 Å². The van der Waals surface area contributed by atoms with E-state index in [4.69, 9.17) is 0 Å². The zero-order valence-electron chi connectivity index (χ0n) is 12.4. The average Bonchev–Trinajstić information content (AvgIpc) is 2.50. The van der Waals surface area contributed by atoms with E-state index in [1.54, 1.807) is 0 Å². The van der Waals surface area contributed by atoms with Gasteiger partial charge in [0.2, 0.25) is 0 Å². The van der Waals surface area contributed by atoms with E-state index in [1.807, 2.05) is 25.1 Å². The number of rotatable bonds is 4. The minimum absolute atomic E-state index is 0.00504. The molecule has 0 unspecified atom stereocenters. The molecule has 0 aromatic heterocycles. The summed E-state index contributed by atoms with van der Waals surface area (Å²) >= 11 is 0. The first-order valence-electron chi connectivity index (χ1n) is 7.28. The van der Waals surface area contributed by atoms with Crippen LogP contribution in [0.1, 0.15) is 37.5 Å². The Morgan fingerprint density at radius 3 is 1.85 bits per heavy atom. The number of benzene rings is 2. The fraction of sp³-hybridized carbons (Fsp3) is 0.333. The molecule has 20 heavy (non-hydrogen) atoms. The normalized spacial score (nSPS) is 10.8. The summed E-state index contributed by atoms with van der Waals surface area (Å²) in [5, 5.41) is 20.5. The molecular formula is C18H22O2. The van der Waals surface area contributed by atoms with Gasteiger partial charge < -0.3 is 10.2 Å². The Morgan fingerprint density at radius 2 is 1.35 bits per heavy atom. The van der Waals surface area contributed by atoms with Crippen molar-refractivity contribution < 1.29 is 10.2 Å². The molecule has 0 spiro atoms. The minimum atomic E-state index is 0.00504. The lowest BCUT2D eigenvalue weighted by Gasteiger charge is -2.15. The van der Waals surface area contributed by atoms with Crippen LogP contribution in [0, 0.1) is 0 Å². The Bertz CT molecular complexity index is 598. The van der Waals surface area contributed by atoms with Gasteiger partial charge in [-0.15, -0.1) is 0 Å². The van der Waals surface area contributed by atoms with Crippen LogP contribution in [0.15, 0.2) is 30.3 Å². The van der Waals surface area contributed by atoms with Crippen LogP contribution in [-0.2, 0) is 19.3 Å². The lowest BCUT2D eigenvalue weighted by molar-refractivity contribution is 0.400. The van der Waals surface area contributed by atoms with Crippen LogP contribution < -0.4 is 0 Å². The first-order chi connectivity index (χ1) is 9.62. The van der Waals surface area contributed by atoms with Crippen LogP contribution in [0.5, 0.6) is 11.5 Å². The SMILES string of the molecule is CCc1ccc(-c2c(CC)cc(CC)c(O)c2O)cc1. The highest BCUT2D eigenvalue weighted by molar-refractivity contribution is 5.78. The van der Waals surface area contributed by atoms with Gasteiger partial charge in [0.1, 0.15) is 0 Å². The van der Waals surface area contributed by atoms with Crippen molar-refractivity contribution >= 4 is 0 Å². The van der Waals surface area contributed by atoms with Crippen molar-refractivity contribution in [1.29, 1.82) is 0 Å². The van der Waals surface area contributed by atoms with Gasteiger partial charge in [0, 0.05) is 5.56 Å². The molecule has 0 amide bonds. The second-order valence-corrected chi connectivity index (χ2v) is 5.02. The van der Waals surface area contributed by atoms with Gasteiger partial charge in [0.25, 0.3) is 0 Å². The van der Waals surface area contributed by atoms with Crippen molar-refractivity contribution in [2.75, 3.05) is 0 Å². The van der Waals surface area contributed by atoms with Crippen LogP contribution in [0.25, 0.3) is 11.1 Å². The molecular weight excluding hydrogens is 248 g/mol. The lowest BCUT2D eigenvalue weighted by atomic mass is 9.92. The molecule has 2 aromatic rings. The largest absolute Gasteiger partial charge is 0.504 e. The van der Waals surface area contributed by atoms with Gasteiger partial charge in [-0.2, -0.15) is 0 Å². The number of aromatic hydroxyl groups is 2. The molecule has 0 heterocycles. The van der Waals surface area contributed by atoms with Crippen molar-refractivity contribution in [3.63, 3.8) is 0 Å². The Balaban J connectivity index is 2.62. The maximum atomic E-state index is 10.4. The fourth-order valence-electron chi connectivity index (χ4n) is 2.55. The highest BCUT2D eigenvalue weighted by Crippen LogP contribution is 2.42.